The van der Waals surface area contributed by atoms with Gasteiger partial charge in [-0.15, -0.1) is 0 Å². The van der Waals surface area contributed by atoms with Gasteiger partial charge >= 0.3 is 0 Å². The van der Waals surface area contributed by atoms with Crippen molar-refractivity contribution in [2.24, 2.45) is 5.92 Å². The predicted octanol–water partition coefficient (Wildman–Crippen LogP) is 3.58. The molecule has 0 radical (unpaired) electrons. The van der Waals surface area contributed by atoms with Crippen molar-refractivity contribution in [3.63, 3.8) is 0 Å². The van der Waals surface area contributed by atoms with Crippen LogP contribution in [0.15, 0.2) is 41.0 Å². The zero-order valence-corrected chi connectivity index (χ0v) is 17.3. The summed E-state index contributed by atoms with van der Waals surface area (Å²) in [5, 5.41) is 0. The molecule has 1 aromatic heterocycles. The fourth-order valence-corrected chi connectivity index (χ4v) is 3.80. The molecule has 160 valence electrons. The minimum atomic E-state index is -0.0924. The van der Waals surface area contributed by atoms with Crippen molar-refractivity contribution in [1.29, 1.82) is 0 Å². The third-order valence-corrected chi connectivity index (χ3v) is 5.68. The second-order valence-electron chi connectivity index (χ2n) is 7.90. The van der Waals surface area contributed by atoms with E-state index in [0.29, 0.717) is 36.9 Å². The summed E-state index contributed by atoms with van der Waals surface area (Å²) in [6, 6.07) is 9.34. The van der Waals surface area contributed by atoms with E-state index in [9.17, 15) is 9.59 Å². The van der Waals surface area contributed by atoms with Gasteiger partial charge in [-0.2, -0.15) is 0 Å². The van der Waals surface area contributed by atoms with Crippen LogP contribution in [0.25, 0.3) is 0 Å². The van der Waals surface area contributed by atoms with E-state index in [1.165, 1.54) is 0 Å². The summed E-state index contributed by atoms with van der Waals surface area (Å²) in [5.41, 5.74) is 0.937. The van der Waals surface area contributed by atoms with Crippen molar-refractivity contribution in [2.75, 3.05) is 19.9 Å². The first kappa shape index (κ1) is 20.3. The first-order valence-corrected chi connectivity index (χ1v) is 10.6. The van der Waals surface area contributed by atoms with Gasteiger partial charge in [0.25, 0.3) is 0 Å². The topological polar surface area (TPSA) is 72.2 Å². The van der Waals surface area contributed by atoms with Crippen LogP contribution in [-0.2, 0) is 22.7 Å². The van der Waals surface area contributed by atoms with Crippen molar-refractivity contribution in [2.45, 2.75) is 45.7 Å². The predicted molar refractivity (Wildman–Crippen MR) is 110 cm³/mol. The SMILES string of the molecule is CCCN(CC(=O)N(Cc1ccc2c(c1)OCO2)Cc1ccco1)C(=O)C1CCC1. The maximum absolute atomic E-state index is 13.3. The second kappa shape index (κ2) is 9.24. The number of carbonyl (C=O) groups excluding carboxylic acids is 2. The Morgan fingerprint density at radius 1 is 1.07 bits per heavy atom. The van der Waals surface area contributed by atoms with Crippen molar-refractivity contribution in [3.8, 4) is 11.5 Å². The number of rotatable bonds is 9. The van der Waals surface area contributed by atoms with E-state index in [1.807, 2.05) is 37.3 Å². The molecule has 0 N–H and O–H groups in total. The molecule has 1 fully saturated rings. The number of carbonyl (C=O) groups is 2. The van der Waals surface area contributed by atoms with Crippen molar-refractivity contribution < 1.29 is 23.5 Å². The molecule has 0 spiro atoms. The Labute approximate surface area is 176 Å². The molecule has 2 amide bonds. The highest BCUT2D eigenvalue weighted by Gasteiger charge is 2.31. The van der Waals surface area contributed by atoms with Gasteiger partial charge < -0.3 is 23.7 Å². The van der Waals surface area contributed by atoms with Gasteiger partial charge in [0.05, 0.1) is 19.4 Å². The number of hydrogen-bond donors (Lipinski definition) is 0. The maximum atomic E-state index is 13.3. The van der Waals surface area contributed by atoms with Gasteiger partial charge in [-0.05, 0) is 49.1 Å². The molecule has 30 heavy (non-hydrogen) atoms. The lowest BCUT2D eigenvalue weighted by Crippen LogP contribution is -2.46. The van der Waals surface area contributed by atoms with Crippen LogP contribution in [0.4, 0.5) is 0 Å². The Bertz CT molecular complexity index is 876. The van der Waals surface area contributed by atoms with Crippen LogP contribution in [0.5, 0.6) is 11.5 Å². The minimum Gasteiger partial charge on any atom is -0.467 e. The number of benzene rings is 1. The van der Waals surface area contributed by atoms with Gasteiger partial charge in [-0.1, -0.05) is 19.4 Å². The van der Waals surface area contributed by atoms with E-state index in [-0.39, 0.29) is 31.1 Å². The first-order valence-electron chi connectivity index (χ1n) is 10.6. The number of amides is 2. The van der Waals surface area contributed by atoms with E-state index in [2.05, 4.69) is 0 Å². The van der Waals surface area contributed by atoms with Gasteiger partial charge in [0.15, 0.2) is 11.5 Å². The van der Waals surface area contributed by atoms with Crippen LogP contribution in [0, 0.1) is 5.92 Å². The van der Waals surface area contributed by atoms with Gasteiger partial charge in [0.1, 0.15) is 5.76 Å². The van der Waals surface area contributed by atoms with E-state index in [0.717, 1.165) is 31.2 Å². The average molecular weight is 412 g/mol. The Kier molecular flexibility index (Phi) is 6.26. The third-order valence-electron chi connectivity index (χ3n) is 5.68. The molecule has 0 bridgehead atoms. The van der Waals surface area contributed by atoms with Crippen LogP contribution < -0.4 is 9.47 Å². The molecule has 2 aliphatic rings. The van der Waals surface area contributed by atoms with Crippen LogP contribution in [0.1, 0.15) is 43.9 Å². The molecule has 0 atom stereocenters. The molecule has 2 heterocycles. The Morgan fingerprint density at radius 3 is 2.60 bits per heavy atom. The normalized spacial score (nSPS) is 15.0. The quantitative estimate of drug-likeness (QED) is 0.630. The van der Waals surface area contributed by atoms with Crippen LogP contribution >= 0.6 is 0 Å². The highest BCUT2D eigenvalue weighted by Crippen LogP contribution is 2.33. The summed E-state index contributed by atoms with van der Waals surface area (Å²) in [4.78, 5) is 29.5. The van der Waals surface area contributed by atoms with Crippen LogP contribution in [0.3, 0.4) is 0 Å². The maximum Gasteiger partial charge on any atom is 0.242 e. The second-order valence-corrected chi connectivity index (χ2v) is 7.90. The molecular formula is C23H28N2O5. The highest BCUT2D eigenvalue weighted by atomic mass is 16.7. The smallest absolute Gasteiger partial charge is 0.242 e. The van der Waals surface area contributed by atoms with E-state index in [4.69, 9.17) is 13.9 Å². The molecule has 7 heteroatoms. The largest absolute Gasteiger partial charge is 0.467 e. The Balaban J connectivity index is 1.49. The molecule has 2 aromatic rings. The molecule has 7 nitrogen and oxygen atoms in total. The highest BCUT2D eigenvalue weighted by molar-refractivity contribution is 5.86. The Hall–Kier alpha value is -2.96. The average Bonchev–Trinajstić information content (AvgIpc) is 3.37. The van der Waals surface area contributed by atoms with Crippen molar-refractivity contribution in [3.05, 3.63) is 47.9 Å². The molecule has 1 saturated carbocycles. The summed E-state index contributed by atoms with van der Waals surface area (Å²) in [6.45, 7) is 3.67. The number of nitrogens with zero attached hydrogens (tertiary/aromatic N) is 2. The number of fused-ring (bicyclic) bond motifs is 1. The molecule has 1 aliphatic carbocycles. The third kappa shape index (κ3) is 4.61. The summed E-state index contributed by atoms with van der Waals surface area (Å²) < 4.78 is 16.3. The molecule has 1 aliphatic heterocycles. The Morgan fingerprint density at radius 2 is 1.90 bits per heavy atom. The van der Waals surface area contributed by atoms with Crippen LogP contribution in [-0.4, -0.2) is 41.5 Å². The van der Waals surface area contributed by atoms with Gasteiger partial charge in [-0.3, -0.25) is 9.59 Å². The van der Waals surface area contributed by atoms with Gasteiger partial charge in [0, 0.05) is 19.0 Å². The summed E-state index contributed by atoms with van der Waals surface area (Å²) in [6.07, 6.45) is 5.38. The fraction of sp³-hybridized carbons (Fsp3) is 0.478. The van der Waals surface area contributed by atoms with E-state index >= 15 is 0 Å². The zero-order chi connectivity index (χ0) is 20.9. The lowest BCUT2D eigenvalue weighted by atomic mass is 9.84. The number of hydrogen-bond acceptors (Lipinski definition) is 5. The van der Waals surface area contributed by atoms with Crippen molar-refractivity contribution in [1.82, 2.24) is 9.80 Å². The molecule has 0 unspecified atom stereocenters. The summed E-state index contributed by atoms with van der Waals surface area (Å²) >= 11 is 0. The van der Waals surface area contributed by atoms with Gasteiger partial charge in [0.2, 0.25) is 18.6 Å². The number of furan rings is 1. The molecule has 1 aromatic carbocycles. The van der Waals surface area contributed by atoms with Gasteiger partial charge in [-0.25, -0.2) is 0 Å². The molecule has 4 rings (SSSR count). The van der Waals surface area contributed by atoms with E-state index in [1.54, 1.807) is 16.1 Å². The molecule has 0 saturated heterocycles. The number of ether oxygens (including phenoxy) is 2. The monoisotopic (exact) mass is 412 g/mol. The first-order chi connectivity index (χ1) is 14.6. The fourth-order valence-electron chi connectivity index (χ4n) is 3.80. The zero-order valence-electron chi connectivity index (χ0n) is 17.3. The lowest BCUT2D eigenvalue weighted by molar-refractivity contribution is -0.145. The molecular weight excluding hydrogens is 384 g/mol. The summed E-state index contributed by atoms with van der Waals surface area (Å²) in [7, 11) is 0. The van der Waals surface area contributed by atoms with E-state index < -0.39 is 0 Å². The lowest BCUT2D eigenvalue weighted by Gasteiger charge is -2.32. The summed E-state index contributed by atoms with van der Waals surface area (Å²) in [5.74, 6) is 2.20. The van der Waals surface area contributed by atoms with Crippen molar-refractivity contribution >= 4 is 11.8 Å². The van der Waals surface area contributed by atoms with Crippen LogP contribution in [0.2, 0.25) is 0 Å². The standard InChI is InChI=1S/C23H28N2O5/c1-2-10-24(23(27)18-5-3-6-18)15-22(26)25(14-19-7-4-11-28-19)13-17-8-9-20-21(12-17)30-16-29-20/h4,7-9,11-12,18H,2-3,5-6,10,13-16H2,1H3. The minimum absolute atomic E-state index is 0.0803.